The third-order valence-corrected chi connectivity index (χ3v) is 2.00. The lowest BCUT2D eigenvalue weighted by Gasteiger charge is -1.94. The average molecular weight is 170 g/mol. The highest BCUT2D eigenvalue weighted by Gasteiger charge is 2.02. The molecule has 1 aromatic heterocycles. The lowest BCUT2D eigenvalue weighted by atomic mass is 10.3. The van der Waals surface area contributed by atoms with Crippen LogP contribution in [-0.2, 0) is 0 Å². The molecule has 0 saturated heterocycles. The second kappa shape index (κ2) is 3.40. The number of nitrogens with zero attached hydrogens (tertiary/aromatic N) is 1. The molecule has 0 N–H and O–H groups in total. The van der Waals surface area contributed by atoms with Gasteiger partial charge in [0.25, 0.3) is 0 Å². The first-order valence-electron chi connectivity index (χ1n) is 4.39. The molecule has 2 aromatic rings. The van der Waals surface area contributed by atoms with E-state index in [4.69, 9.17) is 0 Å². The first kappa shape index (κ1) is 7.99. The normalized spacial score (nSPS) is 9.92. The third kappa shape index (κ3) is 1.75. The Hall–Kier alpha value is -1.63. The molecule has 0 saturated carbocycles. The van der Waals surface area contributed by atoms with Crippen molar-refractivity contribution in [1.82, 2.24) is 0 Å². The van der Waals surface area contributed by atoms with Crippen molar-refractivity contribution >= 4 is 0 Å². The van der Waals surface area contributed by atoms with Crippen LogP contribution in [0.5, 0.6) is 0 Å². The number of hydrogen-bond donors (Lipinski definition) is 0. The van der Waals surface area contributed by atoms with Crippen molar-refractivity contribution in [3.05, 3.63) is 60.4 Å². The smallest absolute Gasteiger partial charge is 0.167 e. The summed E-state index contributed by atoms with van der Waals surface area (Å²) in [5.41, 5.74) is 2.47. The number of pyridine rings is 1. The van der Waals surface area contributed by atoms with E-state index in [0.717, 1.165) is 0 Å². The van der Waals surface area contributed by atoms with Gasteiger partial charge in [-0.1, -0.05) is 18.2 Å². The Morgan fingerprint density at radius 2 is 1.69 bits per heavy atom. The molecule has 0 aliphatic rings. The number of para-hydroxylation sites is 1. The van der Waals surface area contributed by atoms with Crippen molar-refractivity contribution in [1.29, 1.82) is 0 Å². The minimum Gasteiger partial charge on any atom is -0.167 e. The number of rotatable bonds is 1. The Bertz CT molecular complexity index is 393. The average Bonchev–Trinajstić information content (AvgIpc) is 2.19. The molecule has 1 nitrogen and oxygen atoms in total. The van der Waals surface area contributed by atoms with Gasteiger partial charge in [-0.15, -0.1) is 0 Å². The molecule has 0 bridgehead atoms. The maximum absolute atomic E-state index is 2.12. The van der Waals surface area contributed by atoms with Crippen LogP contribution in [0, 0.1) is 6.92 Å². The van der Waals surface area contributed by atoms with Gasteiger partial charge in [0.05, 0.1) is 0 Å². The number of hydrogen-bond acceptors (Lipinski definition) is 0. The molecule has 0 atom stereocenters. The standard InChI is InChI=1S/C12H12N/c1-11-6-5-9-13(10-11)12-7-3-2-4-8-12/h2-10H,1H3/q+1. The Kier molecular flexibility index (Phi) is 2.09. The molecule has 0 unspecified atom stereocenters. The van der Waals surface area contributed by atoms with Crippen LogP contribution in [0.4, 0.5) is 0 Å². The van der Waals surface area contributed by atoms with E-state index in [-0.39, 0.29) is 0 Å². The van der Waals surface area contributed by atoms with Gasteiger partial charge in [-0.25, -0.2) is 0 Å². The molecular weight excluding hydrogens is 158 g/mol. The van der Waals surface area contributed by atoms with Crippen LogP contribution in [0.25, 0.3) is 5.69 Å². The highest BCUT2D eigenvalue weighted by atomic mass is 14.9. The SMILES string of the molecule is Cc1ccc[n+](-c2ccccc2)c1. The van der Waals surface area contributed by atoms with Gasteiger partial charge in [0.15, 0.2) is 12.4 Å². The van der Waals surface area contributed by atoms with Gasteiger partial charge >= 0.3 is 0 Å². The van der Waals surface area contributed by atoms with E-state index >= 15 is 0 Å². The molecule has 0 fully saturated rings. The summed E-state index contributed by atoms with van der Waals surface area (Å²) in [6.07, 6.45) is 4.18. The molecule has 0 aliphatic heterocycles. The van der Waals surface area contributed by atoms with Gasteiger partial charge in [-0.05, 0) is 13.0 Å². The van der Waals surface area contributed by atoms with E-state index in [1.54, 1.807) is 0 Å². The van der Waals surface area contributed by atoms with Crippen molar-refractivity contribution in [2.24, 2.45) is 0 Å². The quantitative estimate of drug-likeness (QED) is 0.578. The van der Waals surface area contributed by atoms with Crippen LogP contribution in [0.3, 0.4) is 0 Å². The largest absolute Gasteiger partial charge is 0.210 e. The van der Waals surface area contributed by atoms with Gasteiger partial charge in [0.2, 0.25) is 5.69 Å². The van der Waals surface area contributed by atoms with E-state index in [1.807, 2.05) is 18.2 Å². The monoisotopic (exact) mass is 170 g/mol. The summed E-state index contributed by atoms with van der Waals surface area (Å²) in [6, 6.07) is 14.5. The van der Waals surface area contributed by atoms with Crippen LogP contribution in [0.2, 0.25) is 0 Å². The van der Waals surface area contributed by atoms with Gasteiger partial charge in [0.1, 0.15) is 0 Å². The van der Waals surface area contributed by atoms with Crippen molar-refractivity contribution in [3.8, 4) is 5.69 Å². The summed E-state index contributed by atoms with van der Waals surface area (Å²) >= 11 is 0. The molecule has 1 aromatic carbocycles. The fourth-order valence-corrected chi connectivity index (χ4v) is 1.35. The highest BCUT2D eigenvalue weighted by molar-refractivity contribution is 5.21. The van der Waals surface area contributed by atoms with Gasteiger partial charge < -0.3 is 0 Å². The third-order valence-electron chi connectivity index (χ3n) is 2.00. The molecule has 1 heteroatoms. The number of benzene rings is 1. The zero-order valence-electron chi connectivity index (χ0n) is 7.64. The molecular formula is C12H12N+. The molecule has 1 heterocycles. The summed E-state index contributed by atoms with van der Waals surface area (Å²) in [7, 11) is 0. The fraction of sp³-hybridized carbons (Fsp3) is 0.0833. The highest BCUT2D eigenvalue weighted by Crippen LogP contribution is 1.98. The molecule has 2 rings (SSSR count). The predicted octanol–water partition coefficient (Wildman–Crippen LogP) is 2.27. The van der Waals surface area contributed by atoms with Crippen LogP contribution >= 0.6 is 0 Å². The Morgan fingerprint density at radius 1 is 0.923 bits per heavy atom. The van der Waals surface area contributed by atoms with Crippen LogP contribution < -0.4 is 4.57 Å². The lowest BCUT2D eigenvalue weighted by Crippen LogP contribution is -2.29. The lowest BCUT2D eigenvalue weighted by molar-refractivity contribution is -0.596. The summed E-state index contributed by atoms with van der Waals surface area (Å²) in [4.78, 5) is 0. The van der Waals surface area contributed by atoms with E-state index < -0.39 is 0 Å². The van der Waals surface area contributed by atoms with Crippen LogP contribution in [0.15, 0.2) is 54.9 Å². The van der Waals surface area contributed by atoms with E-state index in [2.05, 4.69) is 48.1 Å². The van der Waals surface area contributed by atoms with Crippen LogP contribution in [-0.4, -0.2) is 0 Å². The van der Waals surface area contributed by atoms with E-state index in [0.29, 0.717) is 0 Å². The summed E-state index contributed by atoms with van der Waals surface area (Å²) in [5, 5.41) is 0. The maximum atomic E-state index is 2.12. The maximum Gasteiger partial charge on any atom is 0.210 e. The van der Waals surface area contributed by atoms with Crippen LogP contribution in [0.1, 0.15) is 5.56 Å². The minimum absolute atomic E-state index is 1.20. The van der Waals surface area contributed by atoms with Gasteiger partial charge in [-0.3, -0.25) is 0 Å². The van der Waals surface area contributed by atoms with Crippen molar-refractivity contribution in [2.45, 2.75) is 6.92 Å². The predicted molar refractivity (Wildman–Crippen MR) is 52.7 cm³/mol. The first-order chi connectivity index (χ1) is 6.36. The Morgan fingerprint density at radius 3 is 2.38 bits per heavy atom. The zero-order chi connectivity index (χ0) is 9.10. The summed E-state index contributed by atoms with van der Waals surface area (Å²) < 4.78 is 2.12. The van der Waals surface area contributed by atoms with Crippen molar-refractivity contribution < 1.29 is 4.57 Å². The van der Waals surface area contributed by atoms with Crippen molar-refractivity contribution in [3.63, 3.8) is 0 Å². The molecule has 64 valence electrons. The number of aryl methyl sites for hydroxylation is 1. The van der Waals surface area contributed by atoms with Gasteiger partial charge in [0, 0.05) is 23.8 Å². The molecule has 13 heavy (non-hydrogen) atoms. The summed E-state index contributed by atoms with van der Waals surface area (Å²) in [6.45, 7) is 2.10. The first-order valence-corrected chi connectivity index (χ1v) is 4.39. The Labute approximate surface area is 78.3 Å². The molecule has 0 radical (unpaired) electrons. The summed E-state index contributed by atoms with van der Waals surface area (Å²) in [5.74, 6) is 0. The van der Waals surface area contributed by atoms with E-state index in [1.165, 1.54) is 11.3 Å². The second-order valence-electron chi connectivity index (χ2n) is 3.12. The molecule has 0 aliphatic carbocycles. The zero-order valence-corrected chi connectivity index (χ0v) is 7.64. The fourth-order valence-electron chi connectivity index (χ4n) is 1.35. The topological polar surface area (TPSA) is 3.88 Å². The molecule has 0 spiro atoms. The Balaban J connectivity index is 2.48. The number of aromatic nitrogens is 1. The minimum atomic E-state index is 1.20. The second-order valence-corrected chi connectivity index (χ2v) is 3.12. The molecule has 0 amide bonds. The van der Waals surface area contributed by atoms with Gasteiger partial charge in [-0.2, -0.15) is 4.57 Å². The van der Waals surface area contributed by atoms with Crippen molar-refractivity contribution in [2.75, 3.05) is 0 Å². The van der Waals surface area contributed by atoms with E-state index in [9.17, 15) is 0 Å².